The largest absolute Gasteiger partial charge is 0.328 e. The average molecular weight is 200 g/mol. The molecule has 2 heteroatoms. The maximum Gasteiger partial charge on any atom is 0.00641 e. The van der Waals surface area contributed by atoms with E-state index in [0.29, 0.717) is 6.04 Å². The van der Waals surface area contributed by atoms with Crippen LogP contribution in [0.4, 0.5) is 0 Å². The quantitative estimate of drug-likeness (QED) is 0.610. The summed E-state index contributed by atoms with van der Waals surface area (Å²) in [7, 11) is 0. The lowest BCUT2D eigenvalue weighted by Crippen LogP contribution is -2.33. The van der Waals surface area contributed by atoms with Gasteiger partial charge in [0.2, 0.25) is 0 Å². The van der Waals surface area contributed by atoms with Crippen molar-refractivity contribution >= 4 is 0 Å². The van der Waals surface area contributed by atoms with Gasteiger partial charge in [-0.3, -0.25) is 0 Å². The SMILES string of the molecule is CCC(C)N(CC)CCCCC(C)N. The molecule has 0 aliphatic heterocycles. The average Bonchev–Trinajstić information content (AvgIpc) is 2.16. The summed E-state index contributed by atoms with van der Waals surface area (Å²) in [6.45, 7) is 11.3. The van der Waals surface area contributed by atoms with Gasteiger partial charge in [-0.1, -0.05) is 20.3 Å². The molecule has 0 bridgehead atoms. The molecule has 0 amide bonds. The smallest absolute Gasteiger partial charge is 0.00641 e. The number of nitrogens with zero attached hydrogens (tertiary/aromatic N) is 1. The van der Waals surface area contributed by atoms with Crippen LogP contribution in [-0.2, 0) is 0 Å². The third-order valence-corrected chi connectivity index (χ3v) is 2.98. The second-order valence-corrected chi connectivity index (χ2v) is 4.36. The van der Waals surface area contributed by atoms with E-state index in [1.807, 2.05) is 0 Å². The van der Waals surface area contributed by atoms with E-state index < -0.39 is 0 Å². The zero-order chi connectivity index (χ0) is 11.0. The zero-order valence-corrected chi connectivity index (χ0v) is 10.4. The molecule has 0 radical (unpaired) electrons. The highest BCUT2D eigenvalue weighted by atomic mass is 15.1. The van der Waals surface area contributed by atoms with Gasteiger partial charge in [-0.25, -0.2) is 0 Å². The van der Waals surface area contributed by atoms with Crippen LogP contribution >= 0.6 is 0 Å². The number of rotatable bonds is 8. The fourth-order valence-corrected chi connectivity index (χ4v) is 1.73. The molecule has 0 saturated heterocycles. The van der Waals surface area contributed by atoms with E-state index in [4.69, 9.17) is 5.73 Å². The Kier molecular flexibility index (Phi) is 8.20. The molecule has 0 aromatic carbocycles. The molecule has 0 aliphatic rings. The lowest BCUT2D eigenvalue weighted by atomic mass is 10.1. The molecular formula is C12H28N2. The Hall–Kier alpha value is -0.0800. The molecule has 0 aromatic heterocycles. The normalized spacial score (nSPS) is 15.9. The summed E-state index contributed by atoms with van der Waals surface area (Å²) in [5, 5.41) is 0. The van der Waals surface area contributed by atoms with Gasteiger partial charge in [0.1, 0.15) is 0 Å². The standard InChI is InChI=1S/C12H28N2/c1-5-12(4)14(6-2)10-8-7-9-11(3)13/h11-12H,5-10,13H2,1-4H3. The van der Waals surface area contributed by atoms with Crippen molar-refractivity contribution in [1.29, 1.82) is 0 Å². The molecule has 14 heavy (non-hydrogen) atoms. The van der Waals surface area contributed by atoms with Crippen LogP contribution in [0.25, 0.3) is 0 Å². The van der Waals surface area contributed by atoms with Crippen molar-refractivity contribution in [3.05, 3.63) is 0 Å². The highest BCUT2D eigenvalue weighted by molar-refractivity contribution is 4.64. The maximum atomic E-state index is 5.71. The van der Waals surface area contributed by atoms with Gasteiger partial charge in [0.05, 0.1) is 0 Å². The van der Waals surface area contributed by atoms with Crippen molar-refractivity contribution in [1.82, 2.24) is 4.90 Å². The summed E-state index contributed by atoms with van der Waals surface area (Å²) in [4.78, 5) is 2.56. The fourth-order valence-electron chi connectivity index (χ4n) is 1.73. The highest BCUT2D eigenvalue weighted by Crippen LogP contribution is 2.06. The maximum absolute atomic E-state index is 5.71. The van der Waals surface area contributed by atoms with Gasteiger partial charge in [0, 0.05) is 12.1 Å². The van der Waals surface area contributed by atoms with Crippen LogP contribution in [0.2, 0.25) is 0 Å². The van der Waals surface area contributed by atoms with Crippen LogP contribution < -0.4 is 5.73 Å². The van der Waals surface area contributed by atoms with Crippen LogP contribution in [0, 0.1) is 0 Å². The first-order valence-corrected chi connectivity index (χ1v) is 6.11. The van der Waals surface area contributed by atoms with Gasteiger partial charge >= 0.3 is 0 Å². The number of nitrogens with two attached hydrogens (primary N) is 1. The molecule has 0 aromatic rings. The second kappa shape index (κ2) is 8.25. The molecule has 0 aliphatic carbocycles. The van der Waals surface area contributed by atoms with E-state index in [1.54, 1.807) is 0 Å². The van der Waals surface area contributed by atoms with E-state index in [1.165, 1.54) is 32.4 Å². The predicted octanol–water partition coefficient (Wildman–Crippen LogP) is 2.62. The Bertz CT molecular complexity index is 123. The van der Waals surface area contributed by atoms with Crippen molar-refractivity contribution in [3.63, 3.8) is 0 Å². The summed E-state index contributed by atoms with van der Waals surface area (Å²) in [5.74, 6) is 0. The molecule has 0 spiro atoms. The lowest BCUT2D eigenvalue weighted by Gasteiger charge is -2.26. The Morgan fingerprint density at radius 2 is 1.79 bits per heavy atom. The third-order valence-electron chi connectivity index (χ3n) is 2.98. The van der Waals surface area contributed by atoms with E-state index in [9.17, 15) is 0 Å². The van der Waals surface area contributed by atoms with Crippen LogP contribution in [0.3, 0.4) is 0 Å². The molecule has 2 atom stereocenters. The van der Waals surface area contributed by atoms with Gasteiger partial charge in [-0.15, -0.1) is 0 Å². The summed E-state index contributed by atoms with van der Waals surface area (Å²) >= 11 is 0. The van der Waals surface area contributed by atoms with E-state index in [2.05, 4.69) is 32.6 Å². The van der Waals surface area contributed by atoms with Gasteiger partial charge in [0.15, 0.2) is 0 Å². The first-order chi connectivity index (χ1) is 6.61. The van der Waals surface area contributed by atoms with Crippen molar-refractivity contribution in [2.45, 2.75) is 65.5 Å². The van der Waals surface area contributed by atoms with E-state index >= 15 is 0 Å². The number of hydrogen-bond acceptors (Lipinski definition) is 2. The topological polar surface area (TPSA) is 29.3 Å². The van der Waals surface area contributed by atoms with Crippen LogP contribution in [0.15, 0.2) is 0 Å². The predicted molar refractivity (Wildman–Crippen MR) is 64.5 cm³/mol. The Morgan fingerprint density at radius 3 is 2.21 bits per heavy atom. The Morgan fingerprint density at radius 1 is 1.14 bits per heavy atom. The van der Waals surface area contributed by atoms with Crippen LogP contribution in [0.5, 0.6) is 0 Å². The lowest BCUT2D eigenvalue weighted by molar-refractivity contribution is 0.210. The minimum Gasteiger partial charge on any atom is -0.328 e. The van der Waals surface area contributed by atoms with Gasteiger partial charge in [-0.05, 0) is 46.2 Å². The summed E-state index contributed by atoms with van der Waals surface area (Å²) in [5.41, 5.74) is 5.71. The van der Waals surface area contributed by atoms with Crippen molar-refractivity contribution in [2.75, 3.05) is 13.1 Å². The first kappa shape index (κ1) is 13.9. The van der Waals surface area contributed by atoms with Gasteiger partial charge in [-0.2, -0.15) is 0 Å². The van der Waals surface area contributed by atoms with Crippen molar-refractivity contribution in [2.24, 2.45) is 5.73 Å². The Labute approximate surface area is 89.9 Å². The summed E-state index contributed by atoms with van der Waals surface area (Å²) in [6, 6.07) is 1.10. The molecule has 0 rings (SSSR count). The highest BCUT2D eigenvalue weighted by Gasteiger charge is 2.08. The summed E-state index contributed by atoms with van der Waals surface area (Å²) in [6.07, 6.45) is 4.98. The molecule has 86 valence electrons. The molecular weight excluding hydrogens is 172 g/mol. The molecule has 2 unspecified atom stereocenters. The number of unbranched alkanes of at least 4 members (excludes halogenated alkanes) is 1. The second-order valence-electron chi connectivity index (χ2n) is 4.36. The van der Waals surface area contributed by atoms with E-state index in [-0.39, 0.29) is 0 Å². The van der Waals surface area contributed by atoms with Gasteiger partial charge in [0.25, 0.3) is 0 Å². The zero-order valence-electron chi connectivity index (χ0n) is 10.4. The minimum atomic E-state index is 0.369. The Balaban J connectivity index is 3.52. The minimum absolute atomic E-state index is 0.369. The monoisotopic (exact) mass is 200 g/mol. The molecule has 0 saturated carbocycles. The fraction of sp³-hybridized carbons (Fsp3) is 1.00. The van der Waals surface area contributed by atoms with Crippen LogP contribution in [-0.4, -0.2) is 30.1 Å². The van der Waals surface area contributed by atoms with E-state index in [0.717, 1.165) is 12.5 Å². The van der Waals surface area contributed by atoms with Crippen molar-refractivity contribution < 1.29 is 0 Å². The van der Waals surface area contributed by atoms with Crippen LogP contribution in [0.1, 0.15) is 53.4 Å². The van der Waals surface area contributed by atoms with Gasteiger partial charge < -0.3 is 10.6 Å². The first-order valence-electron chi connectivity index (χ1n) is 6.11. The molecule has 0 fully saturated rings. The molecule has 2 nitrogen and oxygen atoms in total. The molecule has 0 heterocycles. The molecule has 2 N–H and O–H groups in total. The van der Waals surface area contributed by atoms with Crippen molar-refractivity contribution in [3.8, 4) is 0 Å². The summed E-state index contributed by atoms with van der Waals surface area (Å²) < 4.78 is 0. The number of hydrogen-bond donors (Lipinski definition) is 1. The third kappa shape index (κ3) is 6.39.